The van der Waals surface area contributed by atoms with Crippen LogP contribution < -0.4 is 11.1 Å². The van der Waals surface area contributed by atoms with Gasteiger partial charge < -0.3 is 16.0 Å². The van der Waals surface area contributed by atoms with E-state index in [1.807, 2.05) is 12.1 Å². The van der Waals surface area contributed by atoms with Crippen LogP contribution in [0.4, 0.5) is 11.4 Å². The second-order valence-electron chi connectivity index (χ2n) is 5.13. The summed E-state index contributed by atoms with van der Waals surface area (Å²) in [6.45, 7) is 4.30. The van der Waals surface area contributed by atoms with Crippen molar-refractivity contribution in [2.45, 2.75) is 38.6 Å². The number of carbonyl (C=O) groups excluding carboxylic acids is 1. The molecule has 1 aromatic carbocycles. The number of nitrogens with two attached hydrogens (primary N) is 1. The fourth-order valence-corrected chi connectivity index (χ4v) is 2.27. The Morgan fingerprint density at radius 2 is 2.05 bits per heavy atom. The van der Waals surface area contributed by atoms with Crippen LogP contribution in [0.3, 0.4) is 0 Å². The van der Waals surface area contributed by atoms with Crippen molar-refractivity contribution in [1.29, 1.82) is 0 Å². The van der Waals surface area contributed by atoms with Gasteiger partial charge in [0.2, 0.25) is 5.91 Å². The van der Waals surface area contributed by atoms with Gasteiger partial charge >= 0.3 is 0 Å². The molecule has 0 bridgehead atoms. The lowest BCUT2D eigenvalue weighted by Gasteiger charge is -2.19. The largest absolute Gasteiger partial charge is 0.399 e. The number of nitrogen functional groups attached to an aromatic ring is 1. The summed E-state index contributed by atoms with van der Waals surface area (Å²) < 4.78 is 0. The Morgan fingerprint density at radius 3 is 2.63 bits per heavy atom. The summed E-state index contributed by atoms with van der Waals surface area (Å²) in [5.41, 5.74) is 7.13. The summed E-state index contributed by atoms with van der Waals surface area (Å²) in [5, 5.41) is 2.89. The van der Waals surface area contributed by atoms with Crippen LogP contribution in [0.2, 0.25) is 0 Å². The van der Waals surface area contributed by atoms with Crippen molar-refractivity contribution < 1.29 is 4.79 Å². The summed E-state index contributed by atoms with van der Waals surface area (Å²) in [7, 11) is 0. The third kappa shape index (κ3) is 4.56. The molecule has 0 saturated heterocycles. The van der Waals surface area contributed by atoms with E-state index in [9.17, 15) is 4.79 Å². The van der Waals surface area contributed by atoms with Crippen LogP contribution in [0, 0.1) is 0 Å². The van der Waals surface area contributed by atoms with Gasteiger partial charge in [-0.2, -0.15) is 0 Å². The number of rotatable bonds is 7. The maximum atomic E-state index is 11.8. The van der Waals surface area contributed by atoms with E-state index < -0.39 is 0 Å². The molecular formula is C15H23N3O. The van der Waals surface area contributed by atoms with E-state index in [1.165, 1.54) is 12.8 Å². The Balaban J connectivity index is 1.68. The van der Waals surface area contributed by atoms with Crippen LogP contribution in [0.5, 0.6) is 0 Å². The minimum Gasteiger partial charge on any atom is -0.399 e. The summed E-state index contributed by atoms with van der Waals surface area (Å²) in [6, 6.07) is 8.03. The Morgan fingerprint density at radius 1 is 1.37 bits per heavy atom. The zero-order chi connectivity index (χ0) is 13.7. The topological polar surface area (TPSA) is 58.4 Å². The summed E-state index contributed by atoms with van der Waals surface area (Å²) in [5.74, 6) is 0.0802. The number of amides is 1. The third-order valence-corrected chi connectivity index (χ3v) is 3.51. The number of carbonyl (C=O) groups is 1. The van der Waals surface area contributed by atoms with Crippen molar-refractivity contribution in [3.05, 3.63) is 24.3 Å². The number of hydrogen-bond donors (Lipinski definition) is 2. The second-order valence-corrected chi connectivity index (χ2v) is 5.13. The van der Waals surface area contributed by atoms with Crippen LogP contribution in [-0.4, -0.2) is 29.9 Å². The van der Waals surface area contributed by atoms with Crippen LogP contribution in [0.25, 0.3) is 0 Å². The Labute approximate surface area is 115 Å². The van der Waals surface area contributed by atoms with E-state index in [4.69, 9.17) is 5.73 Å². The van der Waals surface area contributed by atoms with Gasteiger partial charge in [0.25, 0.3) is 0 Å². The molecule has 0 atom stereocenters. The maximum absolute atomic E-state index is 11.8. The van der Waals surface area contributed by atoms with Crippen LogP contribution in [0.15, 0.2) is 24.3 Å². The van der Waals surface area contributed by atoms with E-state index in [1.54, 1.807) is 12.1 Å². The lowest BCUT2D eigenvalue weighted by Crippen LogP contribution is -2.27. The normalized spacial score (nSPS) is 14.6. The first-order chi connectivity index (χ1) is 9.19. The van der Waals surface area contributed by atoms with Gasteiger partial charge in [0.15, 0.2) is 0 Å². The molecule has 0 aromatic heterocycles. The van der Waals surface area contributed by atoms with Gasteiger partial charge in [0.05, 0.1) is 0 Å². The minimum atomic E-state index is 0.0802. The Kier molecular flexibility index (Phi) is 4.80. The van der Waals surface area contributed by atoms with Gasteiger partial charge in [-0.25, -0.2) is 0 Å². The molecule has 1 fully saturated rings. The Hall–Kier alpha value is -1.55. The van der Waals surface area contributed by atoms with Crippen molar-refractivity contribution in [2.75, 3.05) is 24.1 Å². The molecule has 19 heavy (non-hydrogen) atoms. The van der Waals surface area contributed by atoms with E-state index in [0.29, 0.717) is 12.1 Å². The van der Waals surface area contributed by atoms with Crippen LogP contribution >= 0.6 is 0 Å². The molecule has 0 unspecified atom stereocenters. The first kappa shape index (κ1) is 13.9. The molecule has 3 N–H and O–H groups in total. The van der Waals surface area contributed by atoms with Gasteiger partial charge in [-0.3, -0.25) is 4.79 Å². The lowest BCUT2D eigenvalue weighted by molar-refractivity contribution is -0.116. The van der Waals surface area contributed by atoms with Crippen molar-refractivity contribution in [3.8, 4) is 0 Å². The van der Waals surface area contributed by atoms with Gasteiger partial charge in [-0.05, 0) is 56.6 Å². The SMILES string of the molecule is CCN(CCCC(=O)Nc1ccc(N)cc1)C1CC1. The highest BCUT2D eigenvalue weighted by Gasteiger charge is 2.27. The summed E-state index contributed by atoms with van der Waals surface area (Å²) in [6.07, 6.45) is 4.15. The van der Waals surface area contributed by atoms with Gasteiger partial charge in [-0.15, -0.1) is 0 Å². The predicted molar refractivity (Wildman–Crippen MR) is 79.0 cm³/mol. The molecule has 1 aliphatic rings. The van der Waals surface area contributed by atoms with Crippen molar-refractivity contribution in [2.24, 2.45) is 0 Å². The number of nitrogens with zero attached hydrogens (tertiary/aromatic N) is 1. The standard InChI is InChI=1S/C15H23N3O/c1-2-18(14-9-10-14)11-3-4-15(19)17-13-7-5-12(16)6-8-13/h5-8,14H,2-4,9-11,16H2,1H3,(H,17,19). The molecule has 1 saturated carbocycles. The predicted octanol–water partition coefficient (Wildman–Crippen LogP) is 2.47. The quantitative estimate of drug-likeness (QED) is 0.741. The average molecular weight is 261 g/mol. The molecule has 0 radical (unpaired) electrons. The average Bonchev–Trinajstić information content (AvgIpc) is 3.22. The molecule has 4 nitrogen and oxygen atoms in total. The van der Waals surface area contributed by atoms with Crippen molar-refractivity contribution in [3.63, 3.8) is 0 Å². The van der Waals surface area contributed by atoms with Crippen molar-refractivity contribution >= 4 is 17.3 Å². The first-order valence-electron chi connectivity index (χ1n) is 7.08. The number of hydrogen-bond acceptors (Lipinski definition) is 3. The number of anilines is 2. The molecule has 1 amide bonds. The third-order valence-electron chi connectivity index (χ3n) is 3.51. The highest BCUT2D eigenvalue weighted by molar-refractivity contribution is 5.90. The Bertz CT molecular complexity index is 412. The highest BCUT2D eigenvalue weighted by Crippen LogP contribution is 2.26. The molecule has 104 valence electrons. The zero-order valence-electron chi connectivity index (χ0n) is 11.6. The molecule has 0 aliphatic heterocycles. The molecule has 2 rings (SSSR count). The molecule has 1 aromatic rings. The van der Waals surface area contributed by atoms with Crippen molar-refractivity contribution in [1.82, 2.24) is 4.90 Å². The number of nitrogens with one attached hydrogen (secondary N) is 1. The maximum Gasteiger partial charge on any atom is 0.224 e. The molecular weight excluding hydrogens is 238 g/mol. The lowest BCUT2D eigenvalue weighted by atomic mass is 10.2. The fourth-order valence-electron chi connectivity index (χ4n) is 2.27. The van der Waals surface area contributed by atoms with Crippen LogP contribution in [-0.2, 0) is 4.79 Å². The zero-order valence-corrected chi connectivity index (χ0v) is 11.6. The fraction of sp³-hybridized carbons (Fsp3) is 0.533. The van der Waals surface area contributed by atoms with E-state index in [-0.39, 0.29) is 5.91 Å². The second kappa shape index (κ2) is 6.57. The molecule has 0 heterocycles. The smallest absolute Gasteiger partial charge is 0.224 e. The monoisotopic (exact) mass is 261 g/mol. The summed E-state index contributed by atoms with van der Waals surface area (Å²) >= 11 is 0. The number of benzene rings is 1. The molecule has 4 heteroatoms. The first-order valence-corrected chi connectivity index (χ1v) is 7.08. The van der Waals surface area contributed by atoms with Gasteiger partial charge in [-0.1, -0.05) is 6.92 Å². The minimum absolute atomic E-state index is 0.0802. The molecule has 0 spiro atoms. The van der Waals surface area contributed by atoms with E-state index in [2.05, 4.69) is 17.1 Å². The van der Waals surface area contributed by atoms with Gasteiger partial charge in [0.1, 0.15) is 0 Å². The van der Waals surface area contributed by atoms with E-state index >= 15 is 0 Å². The highest BCUT2D eigenvalue weighted by atomic mass is 16.1. The van der Waals surface area contributed by atoms with E-state index in [0.717, 1.165) is 31.2 Å². The molecule has 1 aliphatic carbocycles. The van der Waals surface area contributed by atoms with Crippen LogP contribution in [0.1, 0.15) is 32.6 Å². The van der Waals surface area contributed by atoms with Gasteiger partial charge in [0, 0.05) is 23.8 Å². The summed E-state index contributed by atoms with van der Waals surface area (Å²) in [4.78, 5) is 14.3.